The summed E-state index contributed by atoms with van der Waals surface area (Å²) in [5.74, 6) is -0.983. The number of nitrogen functional groups attached to an aromatic ring is 1. The van der Waals surface area contributed by atoms with Gasteiger partial charge in [0.2, 0.25) is 0 Å². The van der Waals surface area contributed by atoms with E-state index in [0.29, 0.717) is 18.4 Å². The zero-order valence-electron chi connectivity index (χ0n) is 11.1. The Hall–Kier alpha value is -2.37. The third kappa shape index (κ3) is 6.53. The minimum atomic E-state index is -0.500. The van der Waals surface area contributed by atoms with Crippen LogP contribution in [0.3, 0.4) is 0 Å². The highest BCUT2D eigenvalue weighted by Gasteiger charge is 2.06. The fourth-order valence-electron chi connectivity index (χ4n) is 1.53. The van der Waals surface area contributed by atoms with Crippen molar-refractivity contribution in [1.29, 1.82) is 0 Å². The second kappa shape index (κ2) is 8.68. The van der Waals surface area contributed by atoms with Crippen LogP contribution in [0.15, 0.2) is 24.3 Å². The van der Waals surface area contributed by atoms with Gasteiger partial charge < -0.3 is 15.4 Å². The number of nitrogens with one attached hydrogen (secondary N) is 1. The van der Waals surface area contributed by atoms with Gasteiger partial charge in [-0.15, -0.1) is 0 Å². The smallest absolute Gasteiger partial charge is 0.332 e. The molecular formula is C14H18N2O4. The lowest BCUT2D eigenvalue weighted by molar-refractivity contribution is -0.158. The zero-order chi connectivity index (χ0) is 14.8. The molecule has 3 N–H and O–H groups in total. The maximum atomic E-state index is 11.3. The highest BCUT2D eigenvalue weighted by atomic mass is 16.7. The summed E-state index contributed by atoms with van der Waals surface area (Å²) >= 11 is 0. The number of anilines is 1. The number of rotatable bonds is 7. The fraction of sp³-hybridized carbons (Fsp3) is 0.357. The lowest BCUT2D eigenvalue weighted by Crippen LogP contribution is -2.26. The van der Waals surface area contributed by atoms with E-state index < -0.39 is 11.9 Å². The summed E-state index contributed by atoms with van der Waals surface area (Å²) in [5, 5.41) is 0. The number of hydrogen-bond donors (Lipinski definition) is 2. The molecule has 0 aliphatic rings. The van der Waals surface area contributed by atoms with Crippen LogP contribution in [0.4, 0.5) is 5.69 Å². The lowest BCUT2D eigenvalue weighted by atomic mass is 10.1. The maximum absolute atomic E-state index is 11.3. The molecule has 108 valence electrons. The van der Waals surface area contributed by atoms with Gasteiger partial charge in [-0.3, -0.25) is 4.79 Å². The number of aryl methyl sites for hydroxylation is 1. The van der Waals surface area contributed by atoms with Crippen molar-refractivity contribution in [2.24, 2.45) is 0 Å². The molecule has 0 saturated carbocycles. The monoisotopic (exact) mass is 278 g/mol. The number of carbonyl (C=O) groups excluding carboxylic acids is 3. The summed E-state index contributed by atoms with van der Waals surface area (Å²) in [6, 6.07) is 7.42. The largest absolute Gasteiger partial charge is 0.399 e. The molecule has 6 nitrogen and oxygen atoms in total. The molecule has 0 spiro atoms. The van der Waals surface area contributed by atoms with Gasteiger partial charge >= 0.3 is 5.97 Å². The van der Waals surface area contributed by atoms with Crippen molar-refractivity contribution < 1.29 is 19.2 Å². The first-order chi connectivity index (χ1) is 9.61. The Morgan fingerprint density at radius 3 is 2.55 bits per heavy atom. The van der Waals surface area contributed by atoms with Crippen molar-refractivity contribution in [3.05, 3.63) is 29.8 Å². The van der Waals surface area contributed by atoms with Crippen LogP contribution >= 0.6 is 0 Å². The number of benzene rings is 1. The van der Waals surface area contributed by atoms with Crippen LogP contribution in [0.1, 0.15) is 31.2 Å². The maximum Gasteiger partial charge on any atom is 0.332 e. The predicted molar refractivity (Wildman–Crippen MR) is 73.3 cm³/mol. The predicted octanol–water partition coefficient (Wildman–Crippen LogP) is 1.14. The Labute approximate surface area is 117 Å². The number of carbonyl (C=O) groups is 3. The van der Waals surface area contributed by atoms with E-state index in [-0.39, 0.29) is 19.3 Å². The summed E-state index contributed by atoms with van der Waals surface area (Å²) in [6.07, 6.45) is 2.32. The minimum Gasteiger partial charge on any atom is -0.399 e. The van der Waals surface area contributed by atoms with Gasteiger partial charge in [0.15, 0.2) is 0 Å². The van der Waals surface area contributed by atoms with Gasteiger partial charge in [-0.2, -0.15) is 5.48 Å². The lowest BCUT2D eigenvalue weighted by Gasteiger charge is -2.05. The molecule has 0 fully saturated rings. The molecule has 1 amide bonds. The van der Waals surface area contributed by atoms with Crippen molar-refractivity contribution in [2.45, 2.75) is 32.1 Å². The van der Waals surface area contributed by atoms with E-state index in [4.69, 9.17) is 5.73 Å². The van der Waals surface area contributed by atoms with Gasteiger partial charge in [-0.1, -0.05) is 12.1 Å². The number of amides is 1. The third-order valence-corrected chi connectivity index (χ3v) is 2.59. The Balaban J connectivity index is 2.15. The first-order valence-electron chi connectivity index (χ1n) is 6.38. The fourth-order valence-corrected chi connectivity index (χ4v) is 1.53. The van der Waals surface area contributed by atoms with E-state index in [1.54, 1.807) is 12.1 Å². The molecule has 1 rings (SSSR count). The van der Waals surface area contributed by atoms with E-state index in [0.717, 1.165) is 12.0 Å². The Morgan fingerprint density at radius 1 is 1.20 bits per heavy atom. The van der Waals surface area contributed by atoms with Crippen LogP contribution in [0, 0.1) is 0 Å². The van der Waals surface area contributed by atoms with Crippen molar-refractivity contribution in [1.82, 2.24) is 5.48 Å². The molecular weight excluding hydrogens is 260 g/mol. The summed E-state index contributed by atoms with van der Waals surface area (Å²) in [4.78, 5) is 37.0. The molecule has 0 radical (unpaired) electrons. The first kappa shape index (κ1) is 15.7. The summed E-state index contributed by atoms with van der Waals surface area (Å²) in [5.41, 5.74) is 9.36. The molecule has 6 heteroatoms. The molecule has 0 saturated heterocycles. The number of aldehydes is 1. The SMILES string of the molecule is Nc1ccc(CCCC(=O)ONC(=O)CCC=O)cc1. The van der Waals surface area contributed by atoms with Crippen LogP contribution < -0.4 is 11.2 Å². The highest BCUT2D eigenvalue weighted by molar-refractivity contribution is 5.79. The molecule has 1 aromatic rings. The Morgan fingerprint density at radius 2 is 1.90 bits per heavy atom. The minimum absolute atomic E-state index is 0.0161. The summed E-state index contributed by atoms with van der Waals surface area (Å²) in [7, 11) is 0. The quantitative estimate of drug-likeness (QED) is 0.443. The molecule has 0 bridgehead atoms. The van der Waals surface area contributed by atoms with Crippen LogP contribution in [0.25, 0.3) is 0 Å². The summed E-state index contributed by atoms with van der Waals surface area (Å²) in [6.45, 7) is 0. The van der Waals surface area contributed by atoms with Crippen molar-refractivity contribution in [3.8, 4) is 0 Å². The number of nitrogens with two attached hydrogens (primary N) is 1. The van der Waals surface area contributed by atoms with E-state index in [9.17, 15) is 14.4 Å². The topological polar surface area (TPSA) is 98.5 Å². The standard InChI is InChI=1S/C14H18N2O4/c15-12-8-6-11(7-9-12)3-1-5-14(19)20-16-13(18)4-2-10-17/h6-10H,1-5,15H2,(H,16,18). The van der Waals surface area contributed by atoms with Crippen molar-refractivity contribution >= 4 is 23.9 Å². The molecule has 20 heavy (non-hydrogen) atoms. The van der Waals surface area contributed by atoms with Gasteiger partial charge in [0.25, 0.3) is 5.91 Å². The van der Waals surface area contributed by atoms with Gasteiger partial charge in [0.1, 0.15) is 6.29 Å². The van der Waals surface area contributed by atoms with E-state index in [1.807, 2.05) is 17.6 Å². The van der Waals surface area contributed by atoms with Gasteiger partial charge in [0, 0.05) is 24.9 Å². The normalized spacial score (nSPS) is 9.80. The third-order valence-electron chi connectivity index (χ3n) is 2.59. The van der Waals surface area contributed by atoms with Crippen molar-refractivity contribution in [2.75, 3.05) is 5.73 Å². The Bertz CT molecular complexity index is 457. The number of hydroxylamine groups is 1. The van der Waals surface area contributed by atoms with Crippen LogP contribution in [-0.4, -0.2) is 18.2 Å². The number of hydrogen-bond acceptors (Lipinski definition) is 5. The van der Waals surface area contributed by atoms with Crippen LogP contribution in [-0.2, 0) is 25.6 Å². The second-order valence-corrected chi connectivity index (χ2v) is 4.30. The highest BCUT2D eigenvalue weighted by Crippen LogP contribution is 2.08. The van der Waals surface area contributed by atoms with Gasteiger partial charge in [-0.25, -0.2) is 4.79 Å². The Kier molecular flexibility index (Phi) is 6.81. The molecule has 1 aromatic carbocycles. The van der Waals surface area contributed by atoms with Gasteiger partial charge in [0.05, 0.1) is 0 Å². The first-order valence-corrected chi connectivity index (χ1v) is 6.38. The van der Waals surface area contributed by atoms with E-state index >= 15 is 0 Å². The molecule has 0 aromatic heterocycles. The molecule has 0 heterocycles. The molecule has 0 aliphatic carbocycles. The average Bonchev–Trinajstić information content (AvgIpc) is 2.45. The molecule has 0 unspecified atom stereocenters. The second-order valence-electron chi connectivity index (χ2n) is 4.30. The van der Waals surface area contributed by atoms with E-state index in [2.05, 4.69) is 4.84 Å². The average molecular weight is 278 g/mol. The molecule has 0 aliphatic heterocycles. The van der Waals surface area contributed by atoms with Gasteiger partial charge in [-0.05, 0) is 30.5 Å². The van der Waals surface area contributed by atoms with Crippen LogP contribution in [0.5, 0.6) is 0 Å². The van der Waals surface area contributed by atoms with E-state index in [1.165, 1.54) is 0 Å². The van der Waals surface area contributed by atoms with Crippen molar-refractivity contribution in [3.63, 3.8) is 0 Å². The molecule has 0 atom stereocenters. The summed E-state index contributed by atoms with van der Waals surface area (Å²) < 4.78 is 0. The zero-order valence-corrected chi connectivity index (χ0v) is 11.1. The van der Waals surface area contributed by atoms with Crippen LogP contribution in [0.2, 0.25) is 0 Å².